The highest BCUT2D eigenvalue weighted by Crippen LogP contribution is 2.44. The quantitative estimate of drug-likeness (QED) is 0.188. The van der Waals surface area contributed by atoms with Gasteiger partial charge in [-0.1, -0.05) is 112 Å². The van der Waals surface area contributed by atoms with Gasteiger partial charge < -0.3 is 9.67 Å². The molecule has 0 fully saturated rings. The average Bonchev–Trinajstić information content (AvgIpc) is 3.79. The molecule has 0 atom stereocenters. The van der Waals surface area contributed by atoms with Crippen LogP contribution in [-0.4, -0.2) is 19.6 Å². The van der Waals surface area contributed by atoms with E-state index in [1.165, 1.54) is 26.7 Å². The van der Waals surface area contributed by atoms with Crippen LogP contribution in [0.15, 0.2) is 163 Å². The Bertz CT molecular complexity index is 2790. The Balaban J connectivity index is 1.26. The fourth-order valence-corrected chi connectivity index (χ4v) is 8.26. The molecule has 5 aromatic carbocycles. The van der Waals surface area contributed by atoms with Crippen LogP contribution in [0.4, 0.5) is 0 Å². The second-order valence-electron chi connectivity index (χ2n) is 14.5. The molecule has 0 aliphatic carbocycles. The van der Waals surface area contributed by atoms with E-state index in [1.807, 2.05) is 24.4 Å². The van der Waals surface area contributed by atoms with Crippen molar-refractivity contribution < 1.29 is 5.11 Å². The van der Waals surface area contributed by atoms with Crippen LogP contribution in [0, 0.1) is 0 Å². The van der Waals surface area contributed by atoms with Crippen LogP contribution < -0.4 is 0 Å². The van der Waals surface area contributed by atoms with Gasteiger partial charge in [0.15, 0.2) is 0 Å². The lowest BCUT2D eigenvalue weighted by Crippen LogP contribution is -2.11. The molecule has 0 saturated heterocycles. The number of para-hydroxylation sites is 3. The highest BCUT2D eigenvalue weighted by atomic mass is 32.1. The van der Waals surface area contributed by atoms with Crippen molar-refractivity contribution in [2.45, 2.75) is 26.2 Å². The van der Waals surface area contributed by atoms with Crippen LogP contribution >= 0.6 is 11.3 Å². The Kier molecular flexibility index (Phi) is 8.02. The minimum Gasteiger partial charge on any atom is -0.507 e. The maximum atomic E-state index is 11.1. The lowest BCUT2D eigenvalue weighted by molar-refractivity contribution is 0.477. The summed E-state index contributed by atoms with van der Waals surface area (Å²) in [4.78, 5) is 9.95. The van der Waals surface area contributed by atoms with Crippen molar-refractivity contribution in [1.29, 1.82) is 0 Å². The Morgan fingerprint density at radius 3 is 2.04 bits per heavy atom. The number of benzene rings is 5. The first-order valence-corrected chi connectivity index (χ1v) is 18.7. The lowest BCUT2D eigenvalue weighted by atomic mass is 9.87. The Labute approximate surface area is 313 Å². The highest BCUT2D eigenvalue weighted by Gasteiger charge is 2.21. The van der Waals surface area contributed by atoms with Gasteiger partial charge in [-0.05, 0) is 93.7 Å². The average molecular weight is 704 g/mol. The molecule has 256 valence electrons. The Morgan fingerprint density at radius 1 is 0.566 bits per heavy atom. The predicted molar refractivity (Wildman–Crippen MR) is 222 cm³/mol. The summed E-state index contributed by atoms with van der Waals surface area (Å²) in [6, 6.07) is 52.5. The Hall–Kier alpha value is -6.30. The number of nitrogens with zero attached hydrogens (tertiary/aromatic N) is 3. The van der Waals surface area contributed by atoms with Crippen LogP contribution in [0.1, 0.15) is 26.3 Å². The number of phenols is 1. The third-order valence-corrected chi connectivity index (χ3v) is 11.0. The molecule has 4 aromatic heterocycles. The maximum absolute atomic E-state index is 11.1. The zero-order valence-electron chi connectivity index (χ0n) is 29.8. The molecule has 4 nitrogen and oxygen atoms in total. The molecular weight excluding hydrogens is 667 g/mol. The van der Waals surface area contributed by atoms with E-state index < -0.39 is 0 Å². The number of aromatic nitrogens is 3. The SMILES string of the molecule is CC(C)(C)c1ccnc(-c2cccc(-c3cc(-c4ccccc4-c4cccc5c6sccc6n(-c6ccccc6)c45)cc(-c4ccccc4O)n3)c2)c1. The summed E-state index contributed by atoms with van der Waals surface area (Å²) in [7, 11) is 0. The molecule has 0 radical (unpaired) electrons. The van der Waals surface area contributed by atoms with Gasteiger partial charge in [-0.15, -0.1) is 11.3 Å². The van der Waals surface area contributed by atoms with E-state index in [0.29, 0.717) is 11.3 Å². The monoisotopic (exact) mass is 703 g/mol. The van der Waals surface area contributed by atoms with Gasteiger partial charge in [-0.3, -0.25) is 4.98 Å². The normalized spacial score (nSPS) is 11.8. The van der Waals surface area contributed by atoms with E-state index >= 15 is 0 Å². The first kappa shape index (κ1) is 32.6. The van der Waals surface area contributed by atoms with Crippen LogP contribution in [0.2, 0.25) is 0 Å². The summed E-state index contributed by atoms with van der Waals surface area (Å²) in [5.41, 5.74) is 14.3. The molecule has 0 spiro atoms. The molecule has 4 heterocycles. The molecule has 0 saturated carbocycles. The largest absolute Gasteiger partial charge is 0.507 e. The summed E-state index contributed by atoms with van der Waals surface area (Å²) in [6.07, 6.45) is 1.90. The molecule has 0 aliphatic rings. The van der Waals surface area contributed by atoms with E-state index in [2.05, 4.69) is 158 Å². The van der Waals surface area contributed by atoms with Crippen LogP contribution in [0.5, 0.6) is 5.75 Å². The first-order chi connectivity index (χ1) is 25.8. The number of phenolic OH excluding ortho intramolecular Hbond substituents is 1. The molecule has 0 amide bonds. The van der Waals surface area contributed by atoms with Crippen molar-refractivity contribution in [3.63, 3.8) is 0 Å². The van der Waals surface area contributed by atoms with Gasteiger partial charge in [-0.25, -0.2) is 4.98 Å². The zero-order valence-corrected chi connectivity index (χ0v) is 30.6. The third-order valence-electron chi connectivity index (χ3n) is 10.0. The maximum Gasteiger partial charge on any atom is 0.124 e. The zero-order chi connectivity index (χ0) is 36.1. The highest BCUT2D eigenvalue weighted by molar-refractivity contribution is 7.18. The van der Waals surface area contributed by atoms with E-state index in [9.17, 15) is 5.11 Å². The van der Waals surface area contributed by atoms with Crippen molar-refractivity contribution in [3.8, 4) is 67.5 Å². The lowest BCUT2D eigenvalue weighted by Gasteiger charge is -2.19. The van der Waals surface area contributed by atoms with Crippen molar-refractivity contribution in [2.24, 2.45) is 0 Å². The number of fused-ring (bicyclic) bond motifs is 3. The van der Waals surface area contributed by atoms with Crippen molar-refractivity contribution in [3.05, 3.63) is 169 Å². The second-order valence-corrected chi connectivity index (χ2v) is 15.4. The fraction of sp³-hybridized carbons (Fsp3) is 0.0833. The molecule has 0 aliphatic heterocycles. The molecule has 5 heteroatoms. The van der Waals surface area contributed by atoms with Crippen molar-refractivity contribution in [2.75, 3.05) is 0 Å². The topological polar surface area (TPSA) is 50.9 Å². The summed E-state index contributed by atoms with van der Waals surface area (Å²) >= 11 is 1.78. The predicted octanol–water partition coefficient (Wildman–Crippen LogP) is 13.0. The smallest absolute Gasteiger partial charge is 0.124 e. The molecular formula is C48H37N3OS. The second kappa shape index (κ2) is 13.0. The van der Waals surface area contributed by atoms with Gasteiger partial charge in [0.2, 0.25) is 0 Å². The van der Waals surface area contributed by atoms with Gasteiger partial charge in [0.1, 0.15) is 5.75 Å². The summed E-state index contributed by atoms with van der Waals surface area (Å²) in [5.74, 6) is 0.193. The first-order valence-electron chi connectivity index (χ1n) is 17.9. The van der Waals surface area contributed by atoms with Crippen LogP contribution in [-0.2, 0) is 5.41 Å². The number of hydrogen-bond donors (Lipinski definition) is 1. The minimum atomic E-state index is 0.00781. The minimum absolute atomic E-state index is 0.00781. The van der Waals surface area contributed by atoms with Gasteiger partial charge in [0, 0.05) is 39.5 Å². The van der Waals surface area contributed by atoms with Gasteiger partial charge in [-0.2, -0.15) is 0 Å². The molecule has 9 rings (SSSR count). The van der Waals surface area contributed by atoms with Crippen LogP contribution in [0.3, 0.4) is 0 Å². The number of pyridine rings is 2. The number of rotatable bonds is 6. The summed E-state index contributed by atoms with van der Waals surface area (Å²) in [6.45, 7) is 6.66. The molecule has 9 aromatic rings. The molecule has 53 heavy (non-hydrogen) atoms. The third kappa shape index (κ3) is 5.89. The van der Waals surface area contributed by atoms with E-state index in [-0.39, 0.29) is 11.2 Å². The van der Waals surface area contributed by atoms with E-state index in [1.54, 1.807) is 17.4 Å². The van der Waals surface area contributed by atoms with E-state index in [4.69, 9.17) is 9.97 Å². The van der Waals surface area contributed by atoms with Gasteiger partial charge in [0.05, 0.1) is 32.8 Å². The number of aromatic hydroxyl groups is 1. The fourth-order valence-electron chi connectivity index (χ4n) is 7.36. The number of hydrogen-bond acceptors (Lipinski definition) is 4. The molecule has 1 N–H and O–H groups in total. The molecule has 0 unspecified atom stereocenters. The summed E-state index contributed by atoms with van der Waals surface area (Å²) < 4.78 is 3.67. The van der Waals surface area contributed by atoms with Gasteiger partial charge in [0.25, 0.3) is 0 Å². The van der Waals surface area contributed by atoms with Gasteiger partial charge >= 0.3 is 0 Å². The van der Waals surface area contributed by atoms with Crippen molar-refractivity contribution >= 4 is 32.5 Å². The summed E-state index contributed by atoms with van der Waals surface area (Å²) in [5, 5.41) is 14.5. The standard InChI is InChI=1S/C48H37N3OS/c1-48(2,3)34-23-25-49-41(30-34)31-13-11-14-32(27-31)42-28-33(29-43(50-42)39-19-9-10-22-45(39)52)36-17-7-8-18-37(36)38-20-12-21-40-46(38)51(35-15-5-4-6-16-35)44-24-26-53-47(40)44/h4-30,52H,1-3H3. The number of thiophene rings is 1. The molecule has 0 bridgehead atoms. The van der Waals surface area contributed by atoms with Crippen LogP contribution in [0.25, 0.3) is 82.8 Å². The van der Waals surface area contributed by atoms with Crippen molar-refractivity contribution in [1.82, 2.24) is 14.5 Å². The Morgan fingerprint density at radius 2 is 1.25 bits per heavy atom. The van der Waals surface area contributed by atoms with E-state index in [0.717, 1.165) is 50.5 Å².